The Kier molecular flexibility index (Phi) is 7.93. The first-order chi connectivity index (χ1) is 18.7. The summed E-state index contributed by atoms with van der Waals surface area (Å²) in [5.74, 6) is 1.59. The van der Waals surface area contributed by atoms with Crippen molar-refractivity contribution < 1.29 is 24.1 Å². The number of rotatable bonds is 7. The Morgan fingerprint density at radius 1 is 1.10 bits per heavy atom. The molecule has 9 heteroatoms. The molecule has 1 aliphatic heterocycles. The van der Waals surface area contributed by atoms with Gasteiger partial charge in [0.05, 0.1) is 19.3 Å². The Morgan fingerprint density at radius 2 is 1.82 bits per heavy atom. The number of benzene rings is 2. The highest BCUT2D eigenvalue weighted by Gasteiger charge is 2.28. The lowest BCUT2D eigenvalue weighted by molar-refractivity contribution is 0.0225. The van der Waals surface area contributed by atoms with Gasteiger partial charge in [0.15, 0.2) is 0 Å². The number of thiophene rings is 1. The fourth-order valence-electron chi connectivity index (χ4n) is 4.25. The van der Waals surface area contributed by atoms with Gasteiger partial charge in [-0.15, -0.1) is 22.7 Å². The van der Waals surface area contributed by atoms with Crippen molar-refractivity contribution in [2.75, 3.05) is 13.7 Å². The molecule has 5 rings (SSSR count). The van der Waals surface area contributed by atoms with Gasteiger partial charge in [-0.1, -0.05) is 12.1 Å². The van der Waals surface area contributed by atoms with Crippen molar-refractivity contribution in [2.45, 2.75) is 52.0 Å². The lowest BCUT2D eigenvalue weighted by Crippen LogP contribution is -2.39. The van der Waals surface area contributed by atoms with Crippen LogP contribution in [-0.4, -0.2) is 40.3 Å². The molecule has 39 heavy (non-hydrogen) atoms. The van der Waals surface area contributed by atoms with E-state index in [0.717, 1.165) is 45.2 Å². The van der Waals surface area contributed by atoms with Gasteiger partial charge in [-0.05, 0) is 80.8 Å². The summed E-state index contributed by atoms with van der Waals surface area (Å²) in [7, 11) is 1.65. The number of aromatic nitrogens is 1. The van der Waals surface area contributed by atoms with Crippen molar-refractivity contribution in [3.05, 3.63) is 85.9 Å². The number of aliphatic hydroxyl groups excluding tert-OH is 1. The van der Waals surface area contributed by atoms with Crippen molar-refractivity contribution in [2.24, 2.45) is 0 Å². The second-order valence-electron chi connectivity index (χ2n) is 10.4. The predicted octanol–water partition coefficient (Wildman–Crippen LogP) is 6.83. The van der Waals surface area contributed by atoms with Gasteiger partial charge in [-0.2, -0.15) is 0 Å². The van der Waals surface area contributed by atoms with Crippen molar-refractivity contribution in [1.82, 2.24) is 9.88 Å². The minimum absolute atomic E-state index is 0.303. The molecule has 0 spiro atoms. The minimum atomic E-state index is -0.804. The van der Waals surface area contributed by atoms with Gasteiger partial charge in [0.1, 0.15) is 34.8 Å². The molecule has 7 nitrogen and oxygen atoms in total. The summed E-state index contributed by atoms with van der Waals surface area (Å²) in [5, 5.41) is 13.7. The quantitative estimate of drug-likeness (QED) is 0.265. The number of hydrogen-bond acceptors (Lipinski definition) is 8. The van der Waals surface area contributed by atoms with Crippen molar-refractivity contribution >= 4 is 28.8 Å². The molecular formula is C30H32N2O5S2. The van der Waals surface area contributed by atoms with Gasteiger partial charge >= 0.3 is 6.09 Å². The van der Waals surface area contributed by atoms with Gasteiger partial charge < -0.3 is 24.2 Å². The SMILES string of the molecule is COc1ccc(COc2ccc(-c3csc(C(O)c4cc5c(s4)CCN(C(=O)OC(C)(C)C)C5)n3)cc2)cc1. The van der Waals surface area contributed by atoms with Gasteiger partial charge in [0.25, 0.3) is 0 Å². The number of thiazole rings is 1. The van der Waals surface area contributed by atoms with Crippen LogP contribution in [0.1, 0.15) is 52.8 Å². The second-order valence-corrected chi connectivity index (χ2v) is 12.4. The van der Waals surface area contributed by atoms with E-state index in [1.54, 1.807) is 23.3 Å². The monoisotopic (exact) mass is 564 g/mol. The first-order valence-corrected chi connectivity index (χ1v) is 14.5. The van der Waals surface area contributed by atoms with Crippen LogP contribution in [0.15, 0.2) is 60.0 Å². The zero-order valence-corrected chi connectivity index (χ0v) is 24.1. The smallest absolute Gasteiger partial charge is 0.410 e. The molecule has 1 N–H and O–H groups in total. The third-order valence-corrected chi connectivity index (χ3v) is 8.46. The Hall–Kier alpha value is -3.40. The number of amides is 1. The standard InChI is InChI=1S/C30H32N2O5S2/c1-30(2,3)37-29(34)32-14-13-25-21(16-32)15-26(39-25)27(33)28-31-24(18-38-28)20-7-11-23(12-8-20)36-17-19-5-9-22(35-4)10-6-19/h5-12,15,18,27,33H,13-14,16-17H2,1-4H3. The maximum atomic E-state index is 12.5. The lowest BCUT2D eigenvalue weighted by atomic mass is 10.1. The van der Waals surface area contributed by atoms with Gasteiger partial charge in [0, 0.05) is 27.2 Å². The Balaban J connectivity index is 1.21. The maximum absolute atomic E-state index is 12.5. The van der Waals surface area contributed by atoms with E-state index in [1.807, 2.05) is 80.7 Å². The lowest BCUT2D eigenvalue weighted by Gasteiger charge is -2.29. The van der Waals surface area contributed by atoms with Gasteiger partial charge in [-0.25, -0.2) is 9.78 Å². The number of carbonyl (C=O) groups is 1. The number of ether oxygens (including phenoxy) is 3. The molecule has 1 amide bonds. The molecule has 1 unspecified atom stereocenters. The molecular weight excluding hydrogens is 532 g/mol. The van der Waals surface area contributed by atoms with E-state index in [1.165, 1.54) is 16.2 Å². The molecule has 2 aromatic carbocycles. The third-order valence-electron chi connectivity index (χ3n) is 6.28. The summed E-state index contributed by atoms with van der Waals surface area (Å²) < 4.78 is 16.6. The zero-order chi connectivity index (χ0) is 27.6. The van der Waals surface area contributed by atoms with E-state index < -0.39 is 11.7 Å². The summed E-state index contributed by atoms with van der Waals surface area (Å²) in [4.78, 5) is 21.0. The molecule has 4 aromatic rings. The summed E-state index contributed by atoms with van der Waals surface area (Å²) in [5.41, 5.74) is 3.37. The van der Waals surface area contributed by atoms with Gasteiger partial charge in [0.2, 0.25) is 0 Å². The fraction of sp³-hybridized carbons (Fsp3) is 0.333. The van der Waals surface area contributed by atoms with Crippen LogP contribution >= 0.6 is 22.7 Å². The van der Waals surface area contributed by atoms with Gasteiger partial charge in [-0.3, -0.25) is 0 Å². The number of hydrogen-bond donors (Lipinski definition) is 1. The molecule has 0 fully saturated rings. The normalized spacial score (nSPS) is 14.0. The third kappa shape index (κ3) is 6.61. The molecule has 0 aliphatic carbocycles. The number of aliphatic hydroxyl groups is 1. The number of methoxy groups -OCH3 is 1. The van der Waals surface area contributed by atoms with E-state index in [-0.39, 0.29) is 6.09 Å². The largest absolute Gasteiger partial charge is 0.497 e. The topological polar surface area (TPSA) is 81.1 Å². The molecule has 0 saturated heterocycles. The van der Waals surface area contributed by atoms with Crippen LogP contribution < -0.4 is 9.47 Å². The van der Waals surface area contributed by atoms with Crippen LogP contribution in [0.2, 0.25) is 0 Å². The average molecular weight is 565 g/mol. The second kappa shape index (κ2) is 11.4. The molecule has 3 heterocycles. The minimum Gasteiger partial charge on any atom is -0.497 e. The Morgan fingerprint density at radius 3 is 2.51 bits per heavy atom. The van der Waals surface area contributed by atoms with Crippen LogP contribution in [0.3, 0.4) is 0 Å². The molecule has 1 atom stereocenters. The average Bonchev–Trinajstić information content (AvgIpc) is 3.58. The highest BCUT2D eigenvalue weighted by molar-refractivity contribution is 7.13. The van der Waals surface area contributed by atoms with E-state index in [0.29, 0.717) is 24.7 Å². The first-order valence-electron chi connectivity index (χ1n) is 12.8. The van der Waals surface area contributed by atoms with Crippen LogP contribution in [0.5, 0.6) is 11.5 Å². The molecule has 0 radical (unpaired) electrons. The van der Waals surface area contributed by atoms with Crippen LogP contribution in [-0.2, 0) is 24.3 Å². The van der Waals surface area contributed by atoms with E-state index >= 15 is 0 Å². The number of fused-ring (bicyclic) bond motifs is 1. The van der Waals surface area contributed by atoms with Crippen LogP contribution in [0, 0.1) is 0 Å². The predicted molar refractivity (Wildman–Crippen MR) is 154 cm³/mol. The molecule has 204 valence electrons. The first kappa shape index (κ1) is 27.2. The zero-order valence-electron chi connectivity index (χ0n) is 22.5. The summed E-state index contributed by atoms with van der Waals surface area (Å²) in [6.07, 6.45) is -0.355. The highest BCUT2D eigenvalue weighted by atomic mass is 32.1. The molecule has 0 saturated carbocycles. The number of nitrogens with zero attached hydrogens (tertiary/aromatic N) is 2. The van der Waals surface area contributed by atoms with Crippen LogP contribution in [0.4, 0.5) is 4.79 Å². The summed E-state index contributed by atoms with van der Waals surface area (Å²) >= 11 is 3.03. The van der Waals surface area contributed by atoms with Crippen LogP contribution in [0.25, 0.3) is 11.3 Å². The Bertz CT molecular complexity index is 1420. The van der Waals surface area contributed by atoms with E-state index in [4.69, 9.17) is 19.2 Å². The fourth-order valence-corrected chi connectivity index (χ4v) is 6.31. The van der Waals surface area contributed by atoms with Crippen molar-refractivity contribution in [1.29, 1.82) is 0 Å². The number of carbonyl (C=O) groups excluding carboxylic acids is 1. The molecule has 1 aliphatic rings. The van der Waals surface area contributed by atoms with Crippen molar-refractivity contribution in [3.8, 4) is 22.8 Å². The highest BCUT2D eigenvalue weighted by Crippen LogP contribution is 2.37. The summed E-state index contributed by atoms with van der Waals surface area (Å²) in [6, 6.07) is 17.6. The Labute approximate surface area is 236 Å². The molecule has 2 aromatic heterocycles. The van der Waals surface area contributed by atoms with Crippen molar-refractivity contribution in [3.63, 3.8) is 0 Å². The summed E-state index contributed by atoms with van der Waals surface area (Å²) in [6.45, 7) is 7.18. The molecule has 0 bridgehead atoms. The van der Waals surface area contributed by atoms with E-state index in [9.17, 15) is 9.90 Å². The maximum Gasteiger partial charge on any atom is 0.410 e. The van der Waals surface area contributed by atoms with E-state index in [2.05, 4.69) is 0 Å².